The molecule has 3 aromatic heterocycles. The molecule has 0 amide bonds. The predicted octanol–water partition coefficient (Wildman–Crippen LogP) is 2.50. The molecule has 0 atom stereocenters. The summed E-state index contributed by atoms with van der Waals surface area (Å²) in [6, 6.07) is 4.22. The molecule has 3 rings (SSSR count). The lowest BCUT2D eigenvalue weighted by Gasteiger charge is -2.13. The molecule has 0 spiro atoms. The van der Waals surface area contributed by atoms with Crippen LogP contribution in [0.25, 0.3) is 0 Å². The highest BCUT2D eigenvalue weighted by Gasteiger charge is 2.17. The van der Waals surface area contributed by atoms with Crippen LogP contribution in [0.3, 0.4) is 0 Å². The summed E-state index contributed by atoms with van der Waals surface area (Å²) < 4.78 is 61.4. The van der Waals surface area contributed by atoms with E-state index in [1.54, 1.807) is 13.1 Å². The summed E-state index contributed by atoms with van der Waals surface area (Å²) in [5.41, 5.74) is 1.72. The lowest BCUT2D eigenvalue weighted by Crippen LogP contribution is -2.27. The minimum Gasteiger partial charge on any atom is -0.485 e. The van der Waals surface area contributed by atoms with Crippen molar-refractivity contribution in [1.29, 1.82) is 0 Å². The molecule has 0 fully saturated rings. The molecule has 0 radical (unpaired) electrons. The van der Waals surface area contributed by atoms with E-state index in [0.717, 1.165) is 0 Å². The molecular weight excluding hydrogens is 416 g/mol. The average Bonchev–Trinajstić information content (AvgIpc) is 2.72. The van der Waals surface area contributed by atoms with E-state index in [9.17, 15) is 17.2 Å². The standard InChI is InChI=1S/C19H19F2N5O3S/c1-12-14(8-13-5-7-25-19(18(13)21)26-30(27,28)22-2)9-23-10-17(12)29-11-16-15(20)4-3-6-24-16/h3-7,9-10,22H,8,11H2,1-2H3,(H,25,26). The third-order valence-corrected chi connectivity index (χ3v) is 5.32. The number of anilines is 1. The van der Waals surface area contributed by atoms with Gasteiger partial charge in [-0.2, -0.15) is 8.42 Å². The van der Waals surface area contributed by atoms with Gasteiger partial charge in [-0.3, -0.25) is 14.7 Å². The zero-order chi connectivity index (χ0) is 21.7. The minimum absolute atomic E-state index is 0.0851. The lowest BCUT2D eigenvalue weighted by atomic mass is 10.0. The highest BCUT2D eigenvalue weighted by atomic mass is 32.2. The Hall–Kier alpha value is -3.18. The topological polar surface area (TPSA) is 106 Å². The summed E-state index contributed by atoms with van der Waals surface area (Å²) in [7, 11) is -2.71. The third-order valence-electron chi connectivity index (χ3n) is 4.32. The van der Waals surface area contributed by atoms with Crippen LogP contribution in [0.2, 0.25) is 0 Å². The van der Waals surface area contributed by atoms with E-state index in [-0.39, 0.29) is 24.3 Å². The van der Waals surface area contributed by atoms with Crippen molar-refractivity contribution in [2.24, 2.45) is 0 Å². The van der Waals surface area contributed by atoms with Gasteiger partial charge < -0.3 is 4.74 Å². The number of hydrogen-bond donors (Lipinski definition) is 2. The molecule has 0 aliphatic rings. The van der Waals surface area contributed by atoms with Gasteiger partial charge in [0.25, 0.3) is 10.2 Å². The van der Waals surface area contributed by atoms with E-state index in [0.29, 0.717) is 16.9 Å². The number of halogens is 2. The van der Waals surface area contributed by atoms with E-state index >= 15 is 0 Å². The first-order chi connectivity index (χ1) is 14.3. The van der Waals surface area contributed by atoms with Crippen LogP contribution in [0, 0.1) is 18.6 Å². The molecule has 0 unspecified atom stereocenters. The van der Waals surface area contributed by atoms with Crippen LogP contribution in [-0.2, 0) is 23.2 Å². The van der Waals surface area contributed by atoms with Gasteiger partial charge in [-0.1, -0.05) is 0 Å². The van der Waals surface area contributed by atoms with Crippen molar-refractivity contribution in [2.45, 2.75) is 20.0 Å². The fraction of sp³-hybridized carbons (Fsp3) is 0.211. The van der Waals surface area contributed by atoms with Crippen molar-refractivity contribution in [3.8, 4) is 5.75 Å². The monoisotopic (exact) mass is 435 g/mol. The van der Waals surface area contributed by atoms with Crippen molar-refractivity contribution in [3.63, 3.8) is 0 Å². The number of pyridine rings is 3. The van der Waals surface area contributed by atoms with Gasteiger partial charge in [0.1, 0.15) is 23.9 Å². The molecule has 3 aromatic rings. The Balaban J connectivity index is 1.81. The van der Waals surface area contributed by atoms with Gasteiger partial charge in [-0.25, -0.2) is 18.5 Å². The van der Waals surface area contributed by atoms with Gasteiger partial charge >= 0.3 is 0 Å². The van der Waals surface area contributed by atoms with E-state index < -0.39 is 27.7 Å². The van der Waals surface area contributed by atoms with Crippen LogP contribution in [0.4, 0.5) is 14.6 Å². The fourth-order valence-corrected chi connectivity index (χ4v) is 3.12. The van der Waals surface area contributed by atoms with Crippen molar-refractivity contribution >= 4 is 16.0 Å². The van der Waals surface area contributed by atoms with E-state index in [1.165, 1.54) is 43.8 Å². The fourth-order valence-electron chi connectivity index (χ4n) is 2.62. The van der Waals surface area contributed by atoms with Gasteiger partial charge in [0.15, 0.2) is 11.6 Å². The van der Waals surface area contributed by atoms with Crippen LogP contribution in [-0.4, -0.2) is 30.4 Å². The summed E-state index contributed by atoms with van der Waals surface area (Å²) in [4.78, 5) is 11.8. The quantitative estimate of drug-likeness (QED) is 0.563. The van der Waals surface area contributed by atoms with Crippen LogP contribution in [0.5, 0.6) is 5.75 Å². The second-order valence-electron chi connectivity index (χ2n) is 6.26. The Bertz CT molecular complexity index is 1160. The molecule has 30 heavy (non-hydrogen) atoms. The van der Waals surface area contributed by atoms with Gasteiger partial charge in [-0.05, 0) is 41.8 Å². The number of rotatable bonds is 8. The number of ether oxygens (including phenoxy) is 1. The smallest absolute Gasteiger partial charge is 0.300 e. The largest absolute Gasteiger partial charge is 0.485 e. The third kappa shape index (κ3) is 5.05. The number of aromatic nitrogens is 3. The van der Waals surface area contributed by atoms with Crippen LogP contribution < -0.4 is 14.2 Å². The molecule has 0 saturated carbocycles. The van der Waals surface area contributed by atoms with Crippen molar-refractivity contribution in [3.05, 3.63) is 77.0 Å². The average molecular weight is 435 g/mol. The molecule has 11 heteroatoms. The molecule has 158 valence electrons. The van der Waals surface area contributed by atoms with Crippen LogP contribution in [0.15, 0.2) is 43.0 Å². The van der Waals surface area contributed by atoms with E-state index in [2.05, 4.69) is 15.0 Å². The Kier molecular flexibility index (Phi) is 6.53. The Morgan fingerprint density at radius 2 is 1.90 bits per heavy atom. The summed E-state index contributed by atoms with van der Waals surface area (Å²) in [5.74, 6) is -1.28. The molecule has 0 saturated heterocycles. The van der Waals surface area contributed by atoms with Crippen molar-refractivity contribution in [2.75, 3.05) is 11.8 Å². The normalized spacial score (nSPS) is 11.3. The maximum absolute atomic E-state index is 14.8. The second kappa shape index (κ2) is 9.09. The van der Waals surface area contributed by atoms with Gasteiger partial charge in [0, 0.05) is 32.1 Å². The van der Waals surface area contributed by atoms with Gasteiger partial charge in [0.2, 0.25) is 0 Å². The van der Waals surface area contributed by atoms with Crippen LogP contribution in [0.1, 0.15) is 22.4 Å². The molecular formula is C19H19F2N5O3S. The number of nitrogens with zero attached hydrogens (tertiary/aromatic N) is 3. The summed E-state index contributed by atoms with van der Waals surface area (Å²) in [6.45, 7) is 1.68. The first kappa shape index (κ1) is 21.5. The summed E-state index contributed by atoms with van der Waals surface area (Å²) >= 11 is 0. The Morgan fingerprint density at radius 3 is 2.63 bits per heavy atom. The summed E-state index contributed by atoms with van der Waals surface area (Å²) in [5, 5.41) is 0. The van der Waals surface area contributed by atoms with E-state index in [1.807, 2.05) is 9.44 Å². The zero-order valence-corrected chi connectivity index (χ0v) is 17.0. The molecule has 0 aromatic carbocycles. The molecule has 3 heterocycles. The van der Waals surface area contributed by atoms with Crippen molar-refractivity contribution in [1.82, 2.24) is 19.7 Å². The Labute approximate surface area is 172 Å². The maximum atomic E-state index is 14.8. The summed E-state index contributed by atoms with van der Waals surface area (Å²) in [6.07, 6.45) is 5.93. The number of nitrogens with one attached hydrogen (secondary N) is 2. The SMILES string of the molecule is CNS(=O)(=O)Nc1nccc(Cc2cncc(OCc3ncccc3F)c2C)c1F. The first-order valence-corrected chi connectivity index (χ1v) is 10.3. The number of hydrogen-bond acceptors (Lipinski definition) is 6. The second-order valence-corrected chi connectivity index (χ2v) is 7.88. The highest BCUT2D eigenvalue weighted by Crippen LogP contribution is 2.25. The molecule has 8 nitrogen and oxygen atoms in total. The highest BCUT2D eigenvalue weighted by molar-refractivity contribution is 7.90. The molecule has 0 aliphatic heterocycles. The molecule has 0 aliphatic carbocycles. The van der Waals surface area contributed by atoms with E-state index in [4.69, 9.17) is 4.74 Å². The molecule has 2 N–H and O–H groups in total. The predicted molar refractivity (Wildman–Crippen MR) is 106 cm³/mol. The molecule has 0 bridgehead atoms. The zero-order valence-electron chi connectivity index (χ0n) is 16.2. The van der Waals surface area contributed by atoms with Gasteiger partial charge in [-0.15, -0.1) is 0 Å². The minimum atomic E-state index is -3.91. The lowest BCUT2D eigenvalue weighted by molar-refractivity contribution is 0.290. The Morgan fingerprint density at radius 1 is 1.10 bits per heavy atom. The maximum Gasteiger partial charge on any atom is 0.300 e. The van der Waals surface area contributed by atoms with Crippen molar-refractivity contribution < 1.29 is 21.9 Å². The first-order valence-electron chi connectivity index (χ1n) is 8.81. The van der Waals surface area contributed by atoms with Crippen LogP contribution >= 0.6 is 0 Å². The van der Waals surface area contributed by atoms with Gasteiger partial charge in [0.05, 0.1) is 6.20 Å².